The average Bonchev–Trinajstić information content (AvgIpc) is 2.67. The Hall–Kier alpha value is -2.67. The summed E-state index contributed by atoms with van der Waals surface area (Å²) in [6, 6.07) is 8.80. The van der Waals surface area contributed by atoms with Crippen molar-refractivity contribution in [3.63, 3.8) is 0 Å². The Kier molecular flexibility index (Phi) is 5.79. The van der Waals surface area contributed by atoms with Crippen molar-refractivity contribution in [3.05, 3.63) is 48.3 Å². The minimum atomic E-state index is -0.0500. The topological polar surface area (TPSA) is 87.4 Å². The lowest BCUT2D eigenvalue weighted by Gasteiger charge is -2.34. The van der Waals surface area contributed by atoms with E-state index < -0.39 is 0 Å². The Morgan fingerprint density at radius 2 is 1.76 bits per heavy atom. The zero-order valence-corrected chi connectivity index (χ0v) is 14.3. The van der Waals surface area contributed by atoms with Crippen LogP contribution in [0.1, 0.15) is 16.8 Å². The number of nitrogen functional groups attached to an aromatic ring is 1. The van der Waals surface area contributed by atoms with Gasteiger partial charge in [-0.05, 0) is 43.3 Å². The molecule has 0 spiro atoms. The molecule has 0 radical (unpaired) electrons. The number of nitrogens with zero attached hydrogens (tertiary/aromatic N) is 4. The van der Waals surface area contributed by atoms with E-state index in [2.05, 4.69) is 25.1 Å². The van der Waals surface area contributed by atoms with Crippen molar-refractivity contribution in [1.29, 1.82) is 0 Å². The number of benzene rings is 1. The molecular weight excluding hydrogens is 316 g/mol. The molecule has 132 valence electrons. The molecule has 0 unspecified atom stereocenters. The van der Waals surface area contributed by atoms with Crippen molar-refractivity contribution in [1.82, 2.24) is 20.2 Å². The summed E-state index contributed by atoms with van der Waals surface area (Å²) in [4.78, 5) is 25.2. The molecule has 7 nitrogen and oxygen atoms in total. The monoisotopic (exact) mass is 340 g/mol. The van der Waals surface area contributed by atoms with Gasteiger partial charge in [-0.25, -0.2) is 9.97 Å². The fourth-order valence-electron chi connectivity index (χ4n) is 2.87. The first-order valence-corrected chi connectivity index (χ1v) is 8.60. The van der Waals surface area contributed by atoms with Crippen molar-refractivity contribution in [2.45, 2.75) is 6.42 Å². The second-order valence-electron chi connectivity index (χ2n) is 6.11. The molecule has 7 heteroatoms. The lowest BCUT2D eigenvalue weighted by molar-refractivity contribution is 0.0951. The van der Waals surface area contributed by atoms with Gasteiger partial charge in [-0.1, -0.05) is 0 Å². The molecule has 0 saturated carbocycles. The second-order valence-corrected chi connectivity index (χ2v) is 6.11. The number of anilines is 2. The number of carbonyl (C=O) groups excluding carboxylic acids is 1. The third kappa shape index (κ3) is 4.90. The van der Waals surface area contributed by atoms with Crippen LogP contribution in [0.2, 0.25) is 0 Å². The summed E-state index contributed by atoms with van der Waals surface area (Å²) in [5.74, 6) is 0.754. The summed E-state index contributed by atoms with van der Waals surface area (Å²) in [6.07, 6.45) is 4.49. The molecule has 3 N–H and O–H groups in total. The third-order valence-electron chi connectivity index (χ3n) is 4.32. The smallest absolute Gasteiger partial charge is 0.251 e. The SMILES string of the molecule is Nc1ccc(C(=O)NCCCN2CCN(c3ncccn3)CC2)cc1. The Morgan fingerprint density at radius 3 is 2.44 bits per heavy atom. The van der Waals surface area contributed by atoms with Gasteiger partial charge >= 0.3 is 0 Å². The third-order valence-corrected chi connectivity index (χ3v) is 4.32. The molecule has 0 bridgehead atoms. The number of hydrogen-bond donors (Lipinski definition) is 2. The van der Waals surface area contributed by atoms with Crippen LogP contribution in [0, 0.1) is 0 Å². The van der Waals surface area contributed by atoms with Crippen LogP contribution in [0.25, 0.3) is 0 Å². The van der Waals surface area contributed by atoms with Gasteiger partial charge in [0, 0.05) is 56.4 Å². The summed E-state index contributed by atoms with van der Waals surface area (Å²) in [6.45, 7) is 5.49. The van der Waals surface area contributed by atoms with Crippen molar-refractivity contribution < 1.29 is 4.79 Å². The lowest BCUT2D eigenvalue weighted by Crippen LogP contribution is -2.47. The maximum absolute atomic E-state index is 12.0. The Balaban J connectivity index is 1.34. The second kappa shape index (κ2) is 8.43. The van der Waals surface area contributed by atoms with Gasteiger partial charge in [-0.2, -0.15) is 0 Å². The molecule has 3 rings (SSSR count). The van der Waals surface area contributed by atoms with E-state index in [1.54, 1.807) is 36.7 Å². The molecule has 1 aliphatic rings. The number of carbonyl (C=O) groups is 1. The van der Waals surface area contributed by atoms with Crippen LogP contribution >= 0.6 is 0 Å². The van der Waals surface area contributed by atoms with Gasteiger partial charge < -0.3 is 16.0 Å². The van der Waals surface area contributed by atoms with E-state index in [1.807, 2.05) is 6.07 Å². The highest BCUT2D eigenvalue weighted by atomic mass is 16.1. The first kappa shape index (κ1) is 17.2. The molecule has 1 aromatic carbocycles. The van der Waals surface area contributed by atoms with Gasteiger partial charge in [0.2, 0.25) is 5.95 Å². The zero-order valence-electron chi connectivity index (χ0n) is 14.3. The summed E-state index contributed by atoms with van der Waals surface area (Å²) >= 11 is 0. The number of rotatable bonds is 6. The number of piperazine rings is 1. The Labute approximate surface area is 147 Å². The first-order chi connectivity index (χ1) is 12.2. The quantitative estimate of drug-likeness (QED) is 0.603. The molecule has 1 aliphatic heterocycles. The van der Waals surface area contributed by atoms with Gasteiger partial charge in [0.1, 0.15) is 0 Å². The van der Waals surface area contributed by atoms with Crippen molar-refractivity contribution in [3.8, 4) is 0 Å². The molecule has 1 fully saturated rings. The molecule has 0 atom stereocenters. The number of amides is 1. The maximum atomic E-state index is 12.0. The fraction of sp³-hybridized carbons (Fsp3) is 0.389. The summed E-state index contributed by atoms with van der Waals surface area (Å²) in [5.41, 5.74) is 6.94. The maximum Gasteiger partial charge on any atom is 0.251 e. The van der Waals surface area contributed by atoms with E-state index in [-0.39, 0.29) is 5.91 Å². The van der Waals surface area contributed by atoms with E-state index >= 15 is 0 Å². The minimum Gasteiger partial charge on any atom is -0.399 e. The molecule has 1 aromatic heterocycles. The molecule has 1 amide bonds. The number of aromatic nitrogens is 2. The lowest BCUT2D eigenvalue weighted by atomic mass is 10.2. The van der Waals surface area contributed by atoms with Crippen LogP contribution < -0.4 is 16.0 Å². The van der Waals surface area contributed by atoms with E-state index in [4.69, 9.17) is 5.73 Å². The van der Waals surface area contributed by atoms with E-state index in [1.165, 1.54) is 0 Å². The van der Waals surface area contributed by atoms with Gasteiger partial charge in [0.15, 0.2) is 0 Å². The van der Waals surface area contributed by atoms with Gasteiger partial charge in [0.25, 0.3) is 5.91 Å². The summed E-state index contributed by atoms with van der Waals surface area (Å²) in [5, 5.41) is 2.96. The largest absolute Gasteiger partial charge is 0.399 e. The number of nitrogens with one attached hydrogen (secondary N) is 1. The van der Waals surface area contributed by atoms with E-state index in [0.717, 1.165) is 45.1 Å². The Morgan fingerprint density at radius 1 is 1.08 bits per heavy atom. The molecule has 2 heterocycles. The highest BCUT2D eigenvalue weighted by Gasteiger charge is 2.18. The normalized spacial score (nSPS) is 15.1. The van der Waals surface area contributed by atoms with Crippen LogP contribution in [0.5, 0.6) is 0 Å². The summed E-state index contributed by atoms with van der Waals surface area (Å²) < 4.78 is 0. The number of nitrogens with two attached hydrogens (primary N) is 1. The number of hydrogen-bond acceptors (Lipinski definition) is 6. The van der Waals surface area contributed by atoms with Gasteiger partial charge in [-0.3, -0.25) is 9.69 Å². The van der Waals surface area contributed by atoms with Crippen molar-refractivity contribution >= 4 is 17.5 Å². The predicted molar refractivity (Wildman–Crippen MR) is 98.5 cm³/mol. The first-order valence-electron chi connectivity index (χ1n) is 8.60. The van der Waals surface area contributed by atoms with Crippen LogP contribution in [0.3, 0.4) is 0 Å². The standard InChI is InChI=1S/C18H24N6O/c19-16-5-3-15(4-6-16)17(25)20-9-2-10-23-11-13-24(14-12-23)18-21-7-1-8-22-18/h1,3-8H,2,9-14,19H2,(H,20,25). The predicted octanol–water partition coefficient (Wildman–Crippen LogP) is 1.00. The van der Waals surface area contributed by atoms with Gasteiger partial charge in [0.05, 0.1) is 0 Å². The van der Waals surface area contributed by atoms with Crippen LogP contribution in [-0.2, 0) is 0 Å². The highest BCUT2D eigenvalue weighted by Crippen LogP contribution is 2.10. The summed E-state index contributed by atoms with van der Waals surface area (Å²) in [7, 11) is 0. The zero-order chi connectivity index (χ0) is 17.5. The van der Waals surface area contributed by atoms with E-state index in [9.17, 15) is 4.79 Å². The molecule has 1 saturated heterocycles. The Bertz CT molecular complexity index is 668. The van der Waals surface area contributed by atoms with E-state index in [0.29, 0.717) is 17.8 Å². The van der Waals surface area contributed by atoms with Crippen molar-refractivity contribution in [2.75, 3.05) is 49.9 Å². The minimum absolute atomic E-state index is 0.0500. The van der Waals surface area contributed by atoms with Crippen molar-refractivity contribution in [2.24, 2.45) is 0 Å². The highest BCUT2D eigenvalue weighted by molar-refractivity contribution is 5.94. The molecule has 2 aromatic rings. The molecule has 0 aliphatic carbocycles. The van der Waals surface area contributed by atoms with Gasteiger partial charge in [-0.15, -0.1) is 0 Å². The van der Waals surface area contributed by atoms with Crippen LogP contribution in [-0.4, -0.2) is 60.0 Å². The molecule has 25 heavy (non-hydrogen) atoms. The molecular formula is C18H24N6O. The van der Waals surface area contributed by atoms with Crippen LogP contribution in [0.4, 0.5) is 11.6 Å². The van der Waals surface area contributed by atoms with Crippen LogP contribution in [0.15, 0.2) is 42.7 Å². The fourth-order valence-corrected chi connectivity index (χ4v) is 2.87. The average molecular weight is 340 g/mol.